The molecule has 0 aliphatic rings. The quantitative estimate of drug-likeness (QED) is 0.791. The van der Waals surface area contributed by atoms with Gasteiger partial charge in [0, 0.05) is 10.9 Å². The second kappa shape index (κ2) is 5.51. The highest BCUT2D eigenvalue weighted by Crippen LogP contribution is 2.26. The number of benzene rings is 2. The summed E-state index contributed by atoms with van der Waals surface area (Å²) in [6.07, 6.45) is 0. The Bertz CT molecular complexity index is 543. The first kappa shape index (κ1) is 11.7. The van der Waals surface area contributed by atoms with Crippen molar-refractivity contribution in [3.63, 3.8) is 0 Å². The molecule has 2 aromatic carbocycles. The Morgan fingerprint density at radius 3 is 2.41 bits per heavy atom. The third-order valence-corrected chi connectivity index (χ3v) is 2.93. The summed E-state index contributed by atoms with van der Waals surface area (Å²) in [5.74, 6) is 1.56. The van der Waals surface area contributed by atoms with Crippen LogP contribution in [-0.2, 0) is 5.33 Å². The molecule has 0 amide bonds. The smallest absolute Gasteiger partial charge is 0.131 e. The van der Waals surface area contributed by atoms with Gasteiger partial charge in [0.25, 0.3) is 0 Å². The lowest BCUT2D eigenvalue weighted by atomic mass is 10.2. The number of halogens is 1. The lowest BCUT2D eigenvalue weighted by Crippen LogP contribution is -1.89. The molecule has 0 bridgehead atoms. The number of nitriles is 1. The molecule has 0 unspecified atom stereocenters. The summed E-state index contributed by atoms with van der Waals surface area (Å²) >= 11 is 3.42. The van der Waals surface area contributed by atoms with E-state index in [1.54, 1.807) is 24.3 Å². The van der Waals surface area contributed by atoms with E-state index in [4.69, 9.17) is 10.00 Å². The predicted octanol–water partition coefficient (Wildman–Crippen LogP) is 4.25. The van der Waals surface area contributed by atoms with Crippen LogP contribution in [-0.4, -0.2) is 0 Å². The molecule has 2 rings (SSSR count). The highest BCUT2D eigenvalue weighted by Gasteiger charge is 2.02. The number of ether oxygens (including phenoxy) is 1. The summed E-state index contributed by atoms with van der Waals surface area (Å²) < 4.78 is 5.76. The van der Waals surface area contributed by atoms with Gasteiger partial charge in [-0.3, -0.25) is 0 Å². The first-order valence-corrected chi connectivity index (χ1v) is 6.27. The van der Waals surface area contributed by atoms with Gasteiger partial charge in [-0.05, 0) is 30.3 Å². The first-order valence-electron chi connectivity index (χ1n) is 5.15. The fraction of sp³-hybridized carbons (Fsp3) is 0.0714. The Balaban J connectivity index is 2.22. The van der Waals surface area contributed by atoms with Gasteiger partial charge < -0.3 is 4.74 Å². The summed E-state index contributed by atoms with van der Waals surface area (Å²) in [5, 5.41) is 9.45. The number of hydrogen-bond acceptors (Lipinski definition) is 2. The van der Waals surface area contributed by atoms with Crippen molar-refractivity contribution in [1.82, 2.24) is 0 Å². The van der Waals surface area contributed by atoms with Crippen LogP contribution in [0.15, 0.2) is 48.5 Å². The number of alkyl halides is 1. The minimum absolute atomic E-state index is 0.631. The van der Waals surface area contributed by atoms with Crippen LogP contribution in [0, 0.1) is 11.3 Å². The van der Waals surface area contributed by atoms with E-state index in [9.17, 15) is 0 Å². The molecule has 84 valence electrons. The van der Waals surface area contributed by atoms with Crippen LogP contribution < -0.4 is 4.74 Å². The van der Waals surface area contributed by atoms with Crippen molar-refractivity contribution in [3.8, 4) is 17.6 Å². The third kappa shape index (κ3) is 2.86. The van der Waals surface area contributed by atoms with Gasteiger partial charge in [-0.25, -0.2) is 0 Å². The van der Waals surface area contributed by atoms with E-state index in [-0.39, 0.29) is 0 Å². The molecule has 17 heavy (non-hydrogen) atoms. The molecule has 2 nitrogen and oxygen atoms in total. The van der Waals surface area contributed by atoms with Crippen molar-refractivity contribution in [1.29, 1.82) is 5.26 Å². The maximum absolute atomic E-state index is 8.70. The number of rotatable bonds is 3. The van der Waals surface area contributed by atoms with Crippen LogP contribution in [0.4, 0.5) is 0 Å². The molecule has 0 saturated heterocycles. The Morgan fingerprint density at radius 1 is 1.06 bits per heavy atom. The van der Waals surface area contributed by atoms with Crippen LogP contribution in [0.3, 0.4) is 0 Å². The second-order valence-electron chi connectivity index (χ2n) is 3.48. The third-order valence-electron chi connectivity index (χ3n) is 2.33. The van der Waals surface area contributed by atoms with E-state index in [1.165, 1.54) is 0 Å². The molecular formula is C14H10BrNO. The van der Waals surface area contributed by atoms with Crippen molar-refractivity contribution in [2.24, 2.45) is 0 Å². The summed E-state index contributed by atoms with van der Waals surface area (Å²) in [7, 11) is 0. The average molecular weight is 288 g/mol. The van der Waals surface area contributed by atoms with Gasteiger partial charge >= 0.3 is 0 Å². The molecule has 0 spiro atoms. The number of hydrogen-bond donors (Lipinski definition) is 0. The van der Waals surface area contributed by atoms with E-state index < -0.39 is 0 Å². The van der Waals surface area contributed by atoms with Crippen molar-refractivity contribution in [3.05, 3.63) is 59.7 Å². The van der Waals surface area contributed by atoms with E-state index in [0.29, 0.717) is 5.56 Å². The zero-order valence-electron chi connectivity index (χ0n) is 9.06. The molecule has 0 N–H and O–H groups in total. The zero-order chi connectivity index (χ0) is 12.1. The number of nitrogens with zero attached hydrogens (tertiary/aromatic N) is 1. The maximum atomic E-state index is 8.70. The molecule has 0 atom stereocenters. The predicted molar refractivity (Wildman–Crippen MR) is 70.3 cm³/mol. The van der Waals surface area contributed by atoms with Crippen molar-refractivity contribution in [2.45, 2.75) is 5.33 Å². The van der Waals surface area contributed by atoms with Crippen molar-refractivity contribution < 1.29 is 4.74 Å². The number of para-hydroxylation sites is 1. The Morgan fingerprint density at radius 2 is 1.76 bits per heavy atom. The molecule has 0 heterocycles. The van der Waals surface area contributed by atoms with Gasteiger partial charge in [0.15, 0.2) is 0 Å². The van der Waals surface area contributed by atoms with Crippen LogP contribution >= 0.6 is 15.9 Å². The fourth-order valence-corrected chi connectivity index (χ4v) is 1.90. The van der Waals surface area contributed by atoms with Crippen molar-refractivity contribution >= 4 is 15.9 Å². The SMILES string of the molecule is N#Cc1ccc(Oc2ccccc2CBr)cc1. The Kier molecular flexibility index (Phi) is 3.79. The average Bonchev–Trinajstić information content (AvgIpc) is 2.40. The summed E-state index contributed by atoms with van der Waals surface area (Å²) in [6, 6.07) is 17.0. The van der Waals surface area contributed by atoms with Gasteiger partial charge in [-0.2, -0.15) is 5.26 Å². The standard InChI is InChI=1S/C14H10BrNO/c15-9-12-3-1-2-4-14(12)17-13-7-5-11(10-16)6-8-13/h1-8H,9H2. The molecule has 0 fully saturated rings. The Hall–Kier alpha value is -1.79. The monoisotopic (exact) mass is 287 g/mol. The summed E-state index contributed by atoms with van der Waals surface area (Å²) in [5.41, 5.74) is 1.72. The van der Waals surface area contributed by atoms with Crippen molar-refractivity contribution in [2.75, 3.05) is 0 Å². The molecule has 3 heteroatoms. The topological polar surface area (TPSA) is 33.0 Å². The minimum atomic E-state index is 0.631. The van der Waals surface area contributed by atoms with Crippen LogP contribution in [0.25, 0.3) is 0 Å². The van der Waals surface area contributed by atoms with E-state index in [2.05, 4.69) is 22.0 Å². The molecule has 0 radical (unpaired) electrons. The second-order valence-corrected chi connectivity index (χ2v) is 4.04. The highest BCUT2D eigenvalue weighted by atomic mass is 79.9. The summed E-state index contributed by atoms with van der Waals surface area (Å²) in [6.45, 7) is 0. The van der Waals surface area contributed by atoms with Gasteiger partial charge in [0.05, 0.1) is 11.6 Å². The molecular weight excluding hydrogens is 278 g/mol. The van der Waals surface area contributed by atoms with Crippen LogP contribution in [0.1, 0.15) is 11.1 Å². The molecule has 0 aliphatic heterocycles. The molecule has 0 aromatic heterocycles. The molecule has 0 saturated carbocycles. The van der Waals surface area contributed by atoms with E-state index in [0.717, 1.165) is 22.4 Å². The molecule has 2 aromatic rings. The first-order chi connectivity index (χ1) is 8.33. The largest absolute Gasteiger partial charge is 0.457 e. The van der Waals surface area contributed by atoms with Gasteiger partial charge in [-0.15, -0.1) is 0 Å². The fourth-order valence-electron chi connectivity index (χ4n) is 1.44. The Labute approximate surface area is 109 Å². The highest BCUT2D eigenvalue weighted by molar-refractivity contribution is 9.08. The zero-order valence-corrected chi connectivity index (χ0v) is 10.6. The molecule has 0 aliphatic carbocycles. The summed E-state index contributed by atoms with van der Waals surface area (Å²) in [4.78, 5) is 0. The normalized spacial score (nSPS) is 9.65. The van der Waals surface area contributed by atoms with Crippen LogP contribution in [0.2, 0.25) is 0 Å². The van der Waals surface area contributed by atoms with E-state index >= 15 is 0 Å². The van der Waals surface area contributed by atoms with Gasteiger partial charge in [0.1, 0.15) is 11.5 Å². The van der Waals surface area contributed by atoms with E-state index in [1.807, 2.05) is 24.3 Å². The minimum Gasteiger partial charge on any atom is -0.457 e. The van der Waals surface area contributed by atoms with Crippen LogP contribution in [0.5, 0.6) is 11.5 Å². The lowest BCUT2D eigenvalue weighted by molar-refractivity contribution is 0.478. The van der Waals surface area contributed by atoms with Gasteiger partial charge in [0.2, 0.25) is 0 Å². The van der Waals surface area contributed by atoms with Gasteiger partial charge in [-0.1, -0.05) is 34.1 Å². The lowest BCUT2D eigenvalue weighted by Gasteiger charge is -2.09. The maximum Gasteiger partial charge on any atom is 0.131 e.